The predicted molar refractivity (Wildman–Crippen MR) is 106 cm³/mol. The molecule has 29 heavy (non-hydrogen) atoms. The van der Waals surface area contributed by atoms with Crippen LogP contribution in [0.5, 0.6) is 0 Å². The summed E-state index contributed by atoms with van der Waals surface area (Å²) in [6.45, 7) is 3.09. The SMILES string of the molecule is CCCC(N[C@@H](c1ccc(-c2ccc(S(C)(=O)=O)cc2)cc1)C(F)(F)F)C(C)=O. The van der Waals surface area contributed by atoms with Crippen molar-refractivity contribution in [3.05, 3.63) is 54.1 Å². The van der Waals surface area contributed by atoms with Crippen LogP contribution in [0.15, 0.2) is 53.4 Å². The van der Waals surface area contributed by atoms with Crippen molar-refractivity contribution < 1.29 is 26.4 Å². The summed E-state index contributed by atoms with van der Waals surface area (Å²) in [5.41, 5.74) is 1.36. The molecule has 0 heterocycles. The molecule has 0 bridgehead atoms. The van der Waals surface area contributed by atoms with E-state index in [0.29, 0.717) is 24.0 Å². The lowest BCUT2D eigenvalue weighted by Gasteiger charge is -2.26. The standard InChI is InChI=1S/C21H24F3NO3S/c1-4-5-19(14(2)26)25-20(21(22,23)24)17-8-6-15(7-9-17)16-10-12-18(13-11-16)29(3,27)28/h6-13,19-20,25H,4-5H2,1-3H3/t19?,20-/m0/s1. The van der Waals surface area contributed by atoms with Gasteiger partial charge in [-0.1, -0.05) is 49.7 Å². The topological polar surface area (TPSA) is 63.2 Å². The van der Waals surface area contributed by atoms with Gasteiger partial charge in [-0.05, 0) is 42.2 Å². The first-order valence-corrected chi connectivity index (χ1v) is 11.1. The van der Waals surface area contributed by atoms with Gasteiger partial charge in [-0.15, -0.1) is 0 Å². The number of benzene rings is 2. The van der Waals surface area contributed by atoms with Gasteiger partial charge in [0.15, 0.2) is 9.84 Å². The molecule has 8 heteroatoms. The highest BCUT2D eigenvalue weighted by atomic mass is 32.2. The number of rotatable bonds is 8. The van der Waals surface area contributed by atoms with Crippen LogP contribution in [0.3, 0.4) is 0 Å². The third-order valence-electron chi connectivity index (χ3n) is 4.62. The normalized spacial score (nSPS) is 14.4. The fourth-order valence-corrected chi connectivity index (χ4v) is 3.67. The number of alkyl halides is 3. The van der Waals surface area contributed by atoms with Crippen LogP contribution in [0.25, 0.3) is 11.1 Å². The summed E-state index contributed by atoms with van der Waals surface area (Å²) in [4.78, 5) is 11.9. The molecule has 0 saturated carbocycles. The van der Waals surface area contributed by atoms with E-state index < -0.39 is 28.1 Å². The monoisotopic (exact) mass is 427 g/mol. The van der Waals surface area contributed by atoms with E-state index in [2.05, 4.69) is 5.32 Å². The van der Waals surface area contributed by atoms with Crippen LogP contribution in [0, 0.1) is 0 Å². The van der Waals surface area contributed by atoms with Gasteiger partial charge in [0.1, 0.15) is 11.8 Å². The van der Waals surface area contributed by atoms with Gasteiger partial charge >= 0.3 is 6.18 Å². The number of halogens is 3. The molecule has 4 nitrogen and oxygen atoms in total. The molecule has 0 aliphatic rings. The number of carbonyl (C=O) groups is 1. The van der Waals surface area contributed by atoms with Crippen LogP contribution in [0.1, 0.15) is 38.3 Å². The van der Waals surface area contributed by atoms with Gasteiger partial charge < -0.3 is 0 Å². The second-order valence-electron chi connectivity index (χ2n) is 7.01. The molecule has 0 aliphatic heterocycles. The van der Waals surface area contributed by atoms with Gasteiger partial charge in [-0.25, -0.2) is 8.42 Å². The van der Waals surface area contributed by atoms with Crippen LogP contribution in [-0.2, 0) is 14.6 Å². The number of Topliss-reactive ketones (excluding diaryl/α,β-unsaturated/α-hetero) is 1. The zero-order valence-corrected chi connectivity index (χ0v) is 17.3. The first kappa shape index (κ1) is 23.1. The van der Waals surface area contributed by atoms with Gasteiger partial charge in [0, 0.05) is 6.26 Å². The summed E-state index contributed by atoms with van der Waals surface area (Å²) < 4.78 is 63.9. The number of ketones is 1. The van der Waals surface area contributed by atoms with Crippen molar-refractivity contribution in [3.63, 3.8) is 0 Å². The fourth-order valence-electron chi connectivity index (χ4n) is 3.04. The maximum absolute atomic E-state index is 13.6. The molecule has 2 atom stereocenters. The minimum Gasteiger partial charge on any atom is -0.298 e. The molecule has 0 saturated heterocycles. The van der Waals surface area contributed by atoms with Crippen molar-refractivity contribution in [2.75, 3.05) is 6.26 Å². The Hall–Kier alpha value is -2.19. The molecule has 1 N–H and O–H groups in total. The molecule has 0 aromatic heterocycles. The predicted octanol–water partition coefficient (Wildman–Crippen LogP) is 4.71. The average molecular weight is 427 g/mol. The minimum absolute atomic E-state index is 0.0105. The van der Waals surface area contributed by atoms with Gasteiger partial charge in [0.2, 0.25) is 0 Å². The molecule has 1 unspecified atom stereocenters. The maximum atomic E-state index is 13.6. The Morgan fingerprint density at radius 3 is 1.86 bits per heavy atom. The smallest absolute Gasteiger partial charge is 0.298 e. The molecular formula is C21H24F3NO3S. The molecule has 2 rings (SSSR count). The summed E-state index contributed by atoms with van der Waals surface area (Å²) in [6, 6.07) is 9.15. The summed E-state index contributed by atoms with van der Waals surface area (Å²) in [6.07, 6.45) is -2.54. The van der Waals surface area contributed by atoms with Crippen molar-refractivity contribution in [1.29, 1.82) is 0 Å². The summed E-state index contributed by atoms with van der Waals surface area (Å²) in [7, 11) is -3.32. The number of sulfone groups is 1. The summed E-state index contributed by atoms with van der Waals surface area (Å²) in [5, 5.41) is 2.45. The third kappa shape index (κ3) is 6.14. The summed E-state index contributed by atoms with van der Waals surface area (Å²) in [5.74, 6) is -0.330. The highest BCUT2D eigenvalue weighted by molar-refractivity contribution is 7.90. The molecule has 2 aromatic rings. The maximum Gasteiger partial charge on any atom is 0.407 e. The Labute approximate surface area is 169 Å². The van der Waals surface area contributed by atoms with Crippen molar-refractivity contribution in [1.82, 2.24) is 5.32 Å². The molecule has 0 radical (unpaired) electrons. The largest absolute Gasteiger partial charge is 0.407 e. The second kappa shape index (κ2) is 9.09. The van der Waals surface area contributed by atoms with Crippen LogP contribution in [0.4, 0.5) is 13.2 Å². The van der Waals surface area contributed by atoms with Gasteiger partial charge in [0.25, 0.3) is 0 Å². The third-order valence-corrected chi connectivity index (χ3v) is 5.75. The second-order valence-corrected chi connectivity index (χ2v) is 9.03. The highest BCUT2D eigenvalue weighted by Crippen LogP contribution is 2.34. The van der Waals surface area contributed by atoms with Gasteiger partial charge in [-0.3, -0.25) is 10.1 Å². The van der Waals surface area contributed by atoms with Crippen LogP contribution in [-0.4, -0.2) is 32.7 Å². The lowest BCUT2D eigenvalue weighted by atomic mass is 9.98. The number of hydrogen-bond acceptors (Lipinski definition) is 4. The Morgan fingerprint density at radius 2 is 1.48 bits per heavy atom. The lowest BCUT2D eigenvalue weighted by molar-refractivity contribution is -0.160. The molecule has 0 spiro atoms. The Balaban J connectivity index is 2.30. The zero-order valence-electron chi connectivity index (χ0n) is 16.5. The van der Waals surface area contributed by atoms with E-state index in [-0.39, 0.29) is 16.2 Å². The van der Waals surface area contributed by atoms with Crippen molar-refractivity contribution >= 4 is 15.6 Å². The van der Waals surface area contributed by atoms with Gasteiger partial charge in [-0.2, -0.15) is 13.2 Å². The Morgan fingerprint density at radius 1 is 1.00 bits per heavy atom. The number of nitrogens with one attached hydrogen (secondary N) is 1. The van der Waals surface area contributed by atoms with Crippen molar-refractivity contribution in [2.45, 2.75) is 49.8 Å². The molecular weight excluding hydrogens is 403 g/mol. The minimum atomic E-state index is -4.56. The molecule has 0 amide bonds. The van der Waals surface area contributed by atoms with E-state index in [1.807, 2.05) is 6.92 Å². The van der Waals surface area contributed by atoms with Crippen LogP contribution >= 0.6 is 0 Å². The van der Waals surface area contributed by atoms with Crippen molar-refractivity contribution in [2.24, 2.45) is 0 Å². The van der Waals surface area contributed by atoms with E-state index in [1.165, 1.54) is 31.2 Å². The van der Waals surface area contributed by atoms with E-state index in [4.69, 9.17) is 0 Å². The molecule has 0 fully saturated rings. The molecule has 158 valence electrons. The quantitative estimate of drug-likeness (QED) is 0.663. The lowest BCUT2D eigenvalue weighted by Crippen LogP contribution is -2.43. The van der Waals surface area contributed by atoms with E-state index >= 15 is 0 Å². The zero-order chi connectivity index (χ0) is 21.8. The van der Waals surface area contributed by atoms with Crippen LogP contribution < -0.4 is 5.32 Å². The fraction of sp³-hybridized carbons (Fsp3) is 0.381. The number of carbonyl (C=O) groups excluding carboxylic acids is 1. The van der Waals surface area contributed by atoms with Crippen molar-refractivity contribution in [3.8, 4) is 11.1 Å². The first-order chi connectivity index (χ1) is 13.4. The van der Waals surface area contributed by atoms with E-state index in [9.17, 15) is 26.4 Å². The highest BCUT2D eigenvalue weighted by Gasteiger charge is 2.42. The number of hydrogen-bond donors (Lipinski definition) is 1. The Kier molecular flexibility index (Phi) is 7.24. The first-order valence-electron chi connectivity index (χ1n) is 9.17. The van der Waals surface area contributed by atoms with Gasteiger partial charge in [0.05, 0.1) is 10.9 Å². The molecule has 0 aliphatic carbocycles. The molecule has 2 aromatic carbocycles. The van der Waals surface area contributed by atoms with Crippen LogP contribution in [0.2, 0.25) is 0 Å². The van der Waals surface area contributed by atoms with E-state index in [0.717, 1.165) is 6.26 Å². The Bertz CT molecular complexity index is 937. The summed E-state index contributed by atoms with van der Waals surface area (Å²) >= 11 is 0. The average Bonchev–Trinajstić information content (AvgIpc) is 2.63. The van der Waals surface area contributed by atoms with E-state index in [1.54, 1.807) is 24.3 Å².